The van der Waals surface area contributed by atoms with Gasteiger partial charge in [0.05, 0.1) is 16.8 Å². The number of likely N-dealkylation sites (N-methyl/N-ethyl adjacent to an activating group) is 1. The molecule has 36 heavy (non-hydrogen) atoms. The van der Waals surface area contributed by atoms with Crippen molar-refractivity contribution in [1.82, 2.24) is 14.4 Å². The van der Waals surface area contributed by atoms with Crippen molar-refractivity contribution in [3.05, 3.63) is 58.1 Å². The summed E-state index contributed by atoms with van der Waals surface area (Å²) in [5, 5.41) is 11.1. The monoisotopic (exact) mass is 511 g/mol. The summed E-state index contributed by atoms with van der Waals surface area (Å²) in [4.78, 5) is 29.3. The lowest BCUT2D eigenvalue weighted by molar-refractivity contribution is -0.132. The maximum absolute atomic E-state index is 15.4. The SMILES string of the molecule is CN(C)CCN1Cc2cc(Cl)ccc2-c2c([C@@H]3CCCC[C@H]3F)c3ccc(C(=O)O)cc3n2CC1=O. The summed E-state index contributed by atoms with van der Waals surface area (Å²) >= 11 is 6.41. The van der Waals surface area contributed by atoms with E-state index in [1.54, 1.807) is 18.2 Å². The first-order valence-corrected chi connectivity index (χ1v) is 12.9. The quantitative estimate of drug-likeness (QED) is 0.487. The van der Waals surface area contributed by atoms with Gasteiger partial charge in [-0.2, -0.15) is 0 Å². The molecule has 1 aromatic heterocycles. The van der Waals surface area contributed by atoms with Crippen LogP contribution in [0.1, 0.15) is 53.1 Å². The maximum atomic E-state index is 15.4. The van der Waals surface area contributed by atoms with Crippen LogP contribution in [-0.4, -0.2) is 64.7 Å². The van der Waals surface area contributed by atoms with Gasteiger partial charge >= 0.3 is 5.97 Å². The fourth-order valence-electron chi connectivity index (χ4n) is 5.73. The molecule has 0 unspecified atom stereocenters. The number of carbonyl (C=O) groups excluding carboxylic acids is 1. The Morgan fingerprint density at radius 1 is 1.14 bits per heavy atom. The highest BCUT2D eigenvalue weighted by molar-refractivity contribution is 6.30. The van der Waals surface area contributed by atoms with Crippen molar-refractivity contribution < 1.29 is 19.1 Å². The zero-order valence-electron chi connectivity index (χ0n) is 20.6. The molecule has 1 N–H and O–H groups in total. The molecule has 0 spiro atoms. The molecular formula is C28H31ClFN3O3. The van der Waals surface area contributed by atoms with Crippen molar-refractivity contribution in [2.75, 3.05) is 27.2 Å². The van der Waals surface area contributed by atoms with Gasteiger partial charge in [0.25, 0.3) is 0 Å². The smallest absolute Gasteiger partial charge is 0.335 e. The maximum Gasteiger partial charge on any atom is 0.335 e. The summed E-state index contributed by atoms with van der Waals surface area (Å²) < 4.78 is 17.4. The Labute approximate surface area is 215 Å². The first kappa shape index (κ1) is 24.8. The first-order valence-electron chi connectivity index (χ1n) is 12.5. The van der Waals surface area contributed by atoms with E-state index in [4.69, 9.17) is 11.6 Å². The average molecular weight is 512 g/mol. The van der Waals surface area contributed by atoms with Gasteiger partial charge in [0, 0.05) is 41.5 Å². The van der Waals surface area contributed by atoms with Crippen LogP contribution in [-0.2, 0) is 17.9 Å². The van der Waals surface area contributed by atoms with E-state index in [1.807, 2.05) is 46.7 Å². The van der Waals surface area contributed by atoms with Crippen LogP contribution in [0, 0.1) is 0 Å². The zero-order chi connectivity index (χ0) is 25.6. The summed E-state index contributed by atoms with van der Waals surface area (Å²) in [7, 11) is 3.93. The number of nitrogens with zero attached hydrogens (tertiary/aromatic N) is 3. The van der Waals surface area contributed by atoms with Gasteiger partial charge in [-0.3, -0.25) is 4.79 Å². The Kier molecular flexibility index (Phi) is 6.79. The molecule has 1 aliphatic heterocycles. The summed E-state index contributed by atoms with van der Waals surface area (Å²) in [6, 6.07) is 10.7. The summed E-state index contributed by atoms with van der Waals surface area (Å²) in [6.45, 7) is 1.73. The van der Waals surface area contributed by atoms with E-state index in [2.05, 4.69) is 0 Å². The van der Waals surface area contributed by atoms with Crippen molar-refractivity contribution in [2.45, 2.75) is 50.9 Å². The number of carbonyl (C=O) groups is 2. The third kappa shape index (κ3) is 4.50. The van der Waals surface area contributed by atoms with Crippen LogP contribution in [0.15, 0.2) is 36.4 Å². The van der Waals surface area contributed by atoms with Gasteiger partial charge < -0.3 is 19.5 Å². The van der Waals surface area contributed by atoms with Crippen LogP contribution >= 0.6 is 11.6 Å². The molecule has 6 nitrogen and oxygen atoms in total. The highest BCUT2D eigenvalue weighted by atomic mass is 35.5. The number of aromatic carboxylic acids is 1. The molecule has 1 saturated carbocycles. The Balaban J connectivity index is 1.79. The fourth-order valence-corrected chi connectivity index (χ4v) is 5.92. The number of alkyl halides is 1. The Morgan fingerprint density at radius 2 is 1.92 bits per heavy atom. The van der Waals surface area contributed by atoms with E-state index in [0.717, 1.165) is 47.0 Å². The molecule has 2 aliphatic rings. The fraction of sp³-hybridized carbons (Fsp3) is 0.429. The van der Waals surface area contributed by atoms with Gasteiger partial charge in [-0.25, -0.2) is 9.18 Å². The van der Waals surface area contributed by atoms with Crippen LogP contribution < -0.4 is 0 Å². The number of rotatable bonds is 5. The number of amides is 1. The Bertz CT molecular complexity index is 1340. The van der Waals surface area contributed by atoms with E-state index in [9.17, 15) is 14.7 Å². The first-order chi connectivity index (χ1) is 17.2. The molecule has 2 heterocycles. The normalized spacial score (nSPS) is 20.2. The predicted molar refractivity (Wildman–Crippen MR) is 139 cm³/mol. The summed E-state index contributed by atoms with van der Waals surface area (Å²) in [6.07, 6.45) is 2.05. The Morgan fingerprint density at radius 3 is 2.64 bits per heavy atom. The number of fused-ring (bicyclic) bond motifs is 5. The second kappa shape index (κ2) is 9.87. The van der Waals surface area contributed by atoms with Crippen LogP contribution in [0.25, 0.3) is 22.2 Å². The molecule has 5 rings (SSSR count). The molecule has 8 heteroatoms. The van der Waals surface area contributed by atoms with Crippen molar-refractivity contribution in [2.24, 2.45) is 0 Å². The number of halogens is 2. The van der Waals surface area contributed by atoms with E-state index in [0.29, 0.717) is 36.6 Å². The molecule has 1 amide bonds. The molecule has 3 aromatic rings. The second-order valence-corrected chi connectivity index (χ2v) is 10.6. The van der Waals surface area contributed by atoms with Crippen LogP contribution in [0.5, 0.6) is 0 Å². The van der Waals surface area contributed by atoms with Crippen molar-refractivity contribution in [1.29, 1.82) is 0 Å². The molecule has 0 radical (unpaired) electrons. The molecule has 190 valence electrons. The minimum Gasteiger partial charge on any atom is -0.478 e. The molecular weight excluding hydrogens is 481 g/mol. The zero-order valence-corrected chi connectivity index (χ0v) is 21.4. The average Bonchev–Trinajstić information content (AvgIpc) is 3.13. The third-order valence-corrected chi connectivity index (χ3v) is 7.79. The Hall–Kier alpha value is -2.90. The number of carboxylic acids is 1. The molecule has 2 aromatic carbocycles. The minimum absolute atomic E-state index is 0.0617. The molecule has 0 saturated heterocycles. The van der Waals surface area contributed by atoms with Crippen LogP contribution in [0.4, 0.5) is 4.39 Å². The number of hydrogen-bond donors (Lipinski definition) is 1. The molecule has 1 fully saturated rings. The van der Waals surface area contributed by atoms with E-state index >= 15 is 4.39 Å². The van der Waals surface area contributed by atoms with Crippen LogP contribution in [0.2, 0.25) is 5.02 Å². The lowest BCUT2D eigenvalue weighted by atomic mass is 9.80. The number of aromatic nitrogens is 1. The number of carboxylic acid groups (broad SMARTS) is 1. The van der Waals surface area contributed by atoms with Gasteiger partial charge in [0.15, 0.2) is 0 Å². The largest absolute Gasteiger partial charge is 0.478 e. The van der Waals surface area contributed by atoms with Crippen molar-refractivity contribution in [3.8, 4) is 11.3 Å². The van der Waals surface area contributed by atoms with E-state index in [-0.39, 0.29) is 23.9 Å². The molecule has 2 atom stereocenters. The third-order valence-electron chi connectivity index (χ3n) is 7.55. The standard InChI is InChI=1S/C28H31ClFN3O3/c1-31(2)11-12-32-15-18-13-19(29)8-10-20(18)27-26(21-5-3-4-6-23(21)30)22-9-7-17(28(35)36)14-24(22)33(27)16-25(32)34/h7-10,13-14,21,23H,3-6,11-12,15-16H2,1-2H3,(H,35,36)/t21-,23-/m1/s1. The van der Waals surface area contributed by atoms with Gasteiger partial charge in [-0.05, 0) is 62.3 Å². The number of hydrogen-bond acceptors (Lipinski definition) is 3. The van der Waals surface area contributed by atoms with Crippen molar-refractivity contribution in [3.63, 3.8) is 0 Å². The summed E-state index contributed by atoms with van der Waals surface area (Å²) in [5.74, 6) is -1.41. The van der Waals surface area contributed by atoms with E-state index in [1.165, 1.54) is 0 Å². The van der Waals surface area contributed by atoms with Crippen molar-refractivity contribution >= 4 is 34.4 Å². The van der Waals surface area contributed by atoms with Gasteiger partial charge in [-0.1, -0.05) is 36.6 Å². The lowest BCUT2D eigenvalue weighted by Gasteiger charge is -2.31. The molecule has 0 bridgehead atoms. The van der Waals surface area contributed by atoms with Gasteiger partial charge in [0.2, 0.25) is 5.91 Å². The lowest BCUT2D eigenvalue weighted by Crippen LogP contribution is -2.39. The second-order valence-electron chi connectivity index (χ2n) is 10.2. The highest BCUT2D eigenvalue weighted by Gasteiger charge is 2.35. The predicted octanol–water partition coefficient (Wildman–Crippen LogP) is 5.56. The van der Waals surface area contributed by atoms with Crippen LogP contribution in [0.3, 0.4) is 0 Å². The molecule has 1 aliphatic carbocycles. The topological polar surface area (TPSA) is 65.8 Å². The highest BCUT2D eigenvalue weighted by Crippen LogP contribution is 2.47. The van der Waals surface area contributed by atoms with Gasteiger partial charge in [-0.15, -0.1) is 0 Å². The summed E-state index contributed by atoms with van der Waals surface area (Å²) in [5.41, 5.74) is 4.32. The van der Waals surface area contributed by atoms with E-state index < -0.39 is 12.1 Å². The van der Waals surface area contributed by atoms with Gasteiger partial charge in [0.1, 0.15) is 12.7 Å². The number of benzene rings is 2. The minimum atomic E-state index is -1.04.